The van der Waals surface area contributed by atoms with E-state index in [-0.39, 0.29) is 17.6 Å². The highest BCUT2D eigenvalue weighted by atomic mass is 19.1. The highest BCUT2D eigenvalue weighted by molar-refractivity contribution is 6.00. The molecule has 1 saturated heterocycles. The fourth-order valence-corrected chi connectivity index (χ4v) is 5.17. The molecule has 5 rings (SSSR count). The summed E-state index contributed by atoms with van der Waals surface area (Å²) in [6.07, 6.45) is 0.217. The Morgan fingerprint density at radius 2 is 1.91 bits per heavy atom. The van der Waals surface area contributed by atoms with Gasteiger partial charge in [0.2, 0.25) is 0 Å². The van der Waals surface area contributed by atoms with E-state index in [1.54, 1.807) is 17.9 Å². The van der Waals surface area contributed by atoms with Crippen LogP contribution in [0.15, 0.2) is 42.5 Å². The highest BCUT2D eigenvalue weighted by Crippen LogP contribution is 2.41. The van der Waals surface area contributed by atoms with E-state index in [1.165, 1.54) is 5.56 Å². The molecule has 1 unspecified atom stereocenters. The lowest BCUT2D eigenvalue weighted by Crippen LogP contribution is -2.44. The van der Waals surface area contributed by atoms with Crippen LogP contribution in [0.25, 0.3) is 0 Å². The number of fused-ring (bicyclic) bond motifs is 1. The van der Waals surface area contributed by atoms with Crippen molar-refractivity contribution in [2.75, 3.05) is 18.0 Å². The van der Waals surface area contributed by atoms with E-state index in [1.807, 2.05) is 37.7 Å². The SMILES string of the molecule is Cc1nn(C)c(C)c1CN1C(=O)[C@@H](C)Oc2c(F)cc(C3CCN(Cc4ccccc4)C3)cc21. The van der Waals surface area contributed by atoms with Crippen molar-refractivity contribution in [1.29, 1.82) is 0 Å². The van der Waals surface area contributed by atoms with Crippen molar-refractivity contribution in [3.63, 3.8) is 0 Å². The van der Waals surface area contributed by atoms with Crippen LogP contribution < -0.4 is 9.64 Å². The van der Waals surface area contributed by atoms with Crippen molar-refractivity contribution in [3.8, 4) is 5.75 Å². The minimum atomic E-state index is -0.738. The molecule has 2 atom stereocenters. The molecule has 1 fully saturated rings. The van der Waals surface area contributed by atoms with E-state index < -0.39 is 11.9 Å². The fourth-order valence-electron chi connectivity index (χ4n) is 5.17. The zero-order valence-corrected chi connectivity index (χ0v) is 20.2. The molecule has 7 heteroatoms. The lowest BCUT2D eigenvalue weighted by molar-refractivity contribution is -0.125. The summed E-state index contributed by atoms with van der Waals surface area (Å²) in [4.78, 5) is 17.2. The van der Waals surface area contributed by atoms with E-state index in [9.17, 15) is 4.79 Å². The third-order valence-electron chi connectivity index (χ3n) is 7.21. The molecule has 1 aromatic heterocycles. The van der Waals surface area contributed by atoms with Gasteiger partial charge in [-0.3, -0.25) is 14.4 Å². The predicted molar refractivity (Wildman–Crippen MR) is 129 cm³/mol. The Hall–Kier alpha value is -3.19. The zero-order valence-electron chi connectivity index (χ0n) is 20.2. The fraction of sp³-hybridized carbons (Fsp3) is 0.407. The normalized spacial score (nSPS) is 20.5. The summed E-state index contributed by atoms with van der Waals surface area (Å²) in [5.41, 5.74) is 5.56. The average Bonchev–Trinajstić information content (AvgIpc) is 3.37. The van der Waals surface area contributed by atoms with Gasteiger partial charge in [0.15, 0.2) is 17.7 Å². The van der Waals surface area contributed by atoms with Crippen molar-refractivity contribution in [2.45, 2.75) is 52.3 Å². The largest absolute Gasteiger partial charge is 0.476 e. The molecule has 0 N–H and O–H groups in total. The van der Waals surface area contributed by atoms with Gasteiger partial charge in [-0.1, -0.05) is 30.3 Å². The number of rotatable bonds is 5. The maximum Gasteiger partial charge on any atom is 0.268 e. The first-order valence-electron chi connectivity index (χ1n) is 11.9. The molecule has 0 aliphatic carbocycles. The van der Waals surface area contributed by atoms with Gasteiger partial charge in [0.05, 0.1) is 17.9 Å². The summed E-state index contributed by atoms with van der Waals surface area (Å²) >= 11 is 0. The molecule has 178 valence electrons. The van der Waals surface area contributed by atoms with Gasteiger partial charge in [0, 0.05) is 31.4 Å². The van der Waals surface area contributed by atoms with Crippen molar-refractivity contribution in [3.05, 3.63) is 76.4 Å². The molecule has 2 aromatic carbocycles. The van der Waals surface area contributed by atoms with Crippen molar-refractivity contribution in [2.24, 2.45) is 7.05 Å². The number of carbonyl (C=O) groups excluding carboxylic acids is 1. The number of aryl methyl sites for hydroxylation is 2. The van der Waals surface area contributed by atoms with Gasteiger partial charge in [-0.2, -0.15) is 5.10 Å². The van der Waals surface area contributed by atoms with E-state index in [4.69, 9.17) is 4.74 Å². The second-order valence-electron chi connectivity index (χ2n) is 9.51. The molecule has 3 aromatic rings. The summed E-state index contributed by atoms with van der Waals surface area (Å²) in [6.45, 7) is 8.65. The molecule has 3 heterocycles. The van der Waals surface area contributed by atoms with Crippen molar-refractivity contribution >= 4 is 11.6 Å². The Bertz CT molecular complexity index is 1220. The topological polar surface area (TPSA) is 50.6 Å². The van der Waals surface area contributed by atoms with Crippen LogP contribution in [0.3, 0.4) is 0 Å². The number of hydrogen-bond donors (Lipinski definition) is 0. The number of anilines is 1. The number of nitrogens with zero attached hydrogens (tertiary/aromatic N) is 4. The van der Waals surface area contributed by atoms with Gasteiger partial charge in [-0.25, -0.2) is 4.39 Å². The van der Waals surface area contributed by atoms with Crippen LogP contribution in [0, 0.1) is 19.7 Å². The summed E-state index contributed by atoms with van der Waals surface area (Å²) in [5, 5.41) is 4.48. The number of ether oxygens (including phenoxy) is 1. The third-order valence-corrected chi connectivity index (χ3v) is 7.21. The number of aromatic nitrogens is 2. The van der Waals surface area contributed by atoms with Gasteiger partial charge in [0.1, 0.15) is 0 Å². The van der Waals surface area contributed by atoms with Crippen molar-refractivity contribution in [1.82, 2.24) is 14.7 Å². The van der Waals surface area contributed by atoms with Crippen LogP contribution in [-0.2, 0) is 24.9 Å². The maximum absolute atomic E-state index is 15.3. The molecule has 6 nitrogen and oxygen atoms in total. The van der Waals surface area contributed by atoms with Gasteiger partial charge in [-0.05, 0) is 62.9 Å². The number of amides is 1. The summed E-state index contributed by atoms with van der Waals surface area (Å²) in [7, 11) is 1.89. The van der Waals surface area contributed by atoms with Crippen LogP contribution in [0.1, 0.15) is 47.3 Å². The monoisotopic (exact) mass is 462 g/mol. The molecule has 0 radical (unpaired) electrons. The second kappa shape index (κ2) is 8.87. The Morgan fingerprint density at radius 1 is 1.15 bits per heavy atom. The van der Waals surface area contributed by atoms with E-state index >= 15 is 4.39 Å². The quantitative estimate of drug-likeness (QED) is 0.561. The summed E-state index contributed by atoms with van der Waals surface area (Å²) in [5.74, 6) is -0.197. The molecular weight excluding hydrogens is 431 g/mol. The van der Waals surface area contributed by atoms with Crippen molar-refractivity contribution < 1.29 is 13.9 Å². The van der Waals surface area contributed by atoms with Crippen LogP contribution in [0.2, 0.25) is 0 Å². The molecule has 34 heavy (non-hydrogen) atoms. The molecule has 0 saturated carbocycles. The smallest absolute Gasteiger partial charge is 0.268 e. The van der Waals surface area contributed by atoms with Gasteiger partial charge < -0.3 is 9.64 Å². The predicted octanol–water partition coefficient (Wildman–Crippen LogP) is 4.48. The first-order valence-corrected chi connectivity index (χ1v) is 11.9. The van der Waals surface area contributed by atoms with Gasteiger partial charge >= 0.3 is 0 Å². The number of likely N-dealkylation sites (tertiary alicyclic amines) is 1. The summed E-state index contributed by atoms with van der Waals surface area (Å²) in [6, 6.07) is 14.0. The Kier molecular flexibility index (Phi) is 5.90. The average molecular weight is 463 g/mol. The minimum Gasteiger partial charge on any atom is -0.476 e. The second-order valence-corrected chi connectivity index (χ2v) is 9.51. The maximum atomic E-state index is 15.3. The van der Waals surface area contributed by atoms with Gasteiger partial charge in [0.25, 0.3) is 5.91 Å². The Morgan fingerprint density at radius 3 is 2.62 bits per heavy atom. The van der Waals surface area contributed by atoms with Crippen LogP contribution in [0.4, 0.5) is 10.1 Å². The van der Waals surface area contributed by atoms with E-state index in [2.05, 4.69) is 34.3 Å². The lowest BCUT2D eigenvalue weighted by Gasteiger charge is -2.34. The van der Waals surface area contributed by atoms with E-state index in [0.717, 1.165) is 48.6 Å². The van der Waals surface area contributed by atoms with Crippen LogP contribution >= 0.6 is 0 Å². The van der Waals surface area contributed by atoms with Crippen LogP contribution in [-0.4, -0.2) is 39.8 Å². The van der Waals surface area contributed by atoms with E-state index in [0.29, 0.717) is 12.2 Å². The molecule has 2 aliphatic heterocycles. The lowest BCUT2D eigenvalue weighted by atomic mass is 9.96. The minimum absolute atomic E-state index is 0.161. The first-order chi connectivity index (χ1) is 16.3. The molecular formula is C27H31FN4O2. The third kappa shape index (κ3) is 4.09. The number of hydrogen-bond acceptors (Lipinski definition) is 4. The molecule has 1 amide bonds. The number of benzene rings is 2. The summed E-state index contributed by atoms with van der Waals surface area (Å²) < 4.78 is 22.9. The Labute approximate surface area is 199 Å². The van der Waals surface area contributed by atoms with Gasteiger partial charge in [-0.15, -0.1) is 0 Å². The first kappa shape index (κ1) is 22.6. The Balaban J connectivity index is 1.44. The molecule has 0 spiro atoms. The zero-order chi connectivity index (χ0) is 24.0. The number of halogens is 1. The number of carbonyl (C=O) groups is 1. The molecule has 0 bridgehead atoms. The highest BCUT2D eigenvalue weighted by Gasteiger charge is 2.36. The molecule has 2 aliphatic rings. The standard InChI is InChI=1S/C27H31FN4O2/c1-17-23(18(2)30(4)29-17)16-32-25-13-22(12-24(28)26(25)34-19(3)27(32)33)21-10-11-31(15-21)14-20-8-6-5-7-9-20/h5-9,12-13,19,21H,10-11,14-16H2,1-4H3/t19-,21?/m1/s1. The van der Waals surface area contributed by atoms with Crippen LogP contribution in [0.5, 0.6) is 5.75 Å².